The molecule has 2 heterocycles. The summed E-state index contributed by atoms with van der Waals surface area (Å²) in [5, 5.41) is 3.85. The average molecular weight is 335 g/mol. The molecule has 124 valence electrons. The summed E-state index contributed by atoms with van der Waals surface area (Å²) in [4.78, 5) is 22.8. The number of rotatable bonds is 6. The summed E-state index contributed by atoms with van der Waals surface area (Å²) in [6.07, 6.45) is 3.70. The Kier molecular flexibility index (Phi) is 4.77. The fourth-order valence-corrected chi connectivity index (χ4v) is 3.82. The number of aromatic nitrogens is 2. The van der Waals surface area contributed by atoms with Gasteiger partial charge in [0.05, 0.1) is 17.4 Å². The minimum absolute atomic E-state index is 0.0345. The van der Waals surface area contributed by atoms with Crippen molar-refractivity contribution in [1.29, 1.82) is 0 Å². The van der Waals surface area contributed by atoms with Crippen LogP contribution in [0.2, 0.25) is 0 Å². The lowest BCUT2D eigenvalue weighted by molar-refractivity contribution is 0.0942. The molecule has 0 saturated heterocycles. The van der Waals surface area contributed by atoms with E-state index in [9.17, 15) is 4.79 Å². The second kappa shape index (κ2) is 6.80. The molecule has 0 atom stereocenters. The number of hydrogen-bond acceptors (Lipinski definition) is 6. The summed E-state index contributed by atoms with van der Waals surface area (Å²) < 4.78 is 10.5. The Labute approximate surface area is 139 Å². The highest BCUT2D eigenvalue weighted by Crippen LogP contribution is 2.35. The number of methoxy groups -OCH3 is 2. The van der Waals surface area contributed by atoms with E-state index in [1.165, 1.54) is 30.6 Å². The number of ether oxygens (including phenoxy) is 2. The Morgan fingerprint density at radius 2 is 2.13 bits per heavy atom. The predicted molar refractivity (Wildman–Crippen MR) is 89.1 cm³/mol. The smallest absolute Gasteiger partial charge is 0.261 e. The van der Waals surface area contributed by atoms with E-state index in [-0.39, 0.29) is 5.91 Å². The first-order chi connectivity index (χ1) is 11.1. The highest BCUT2D eigenvalue weighted by atomic mass is 32.1. The molecule has 1 saturated carbocycles. The van der Waals surface area contributed by atoms with Crippen LogP contribution in [-0.2, 0) is 11.3 Å². The maximum Gasteiger partial charge on any atom is 0.261 e. The zero-order valence-electron chi connectivity index (χ0n) is 13.6. The third-order valence-electron chi connectivity index (χ3n) is 4.25. The fraction of sp³-hybridized carbons (Fsp3) is 0.562. The van der Waals surface area contributed by atoms with Crippen LogP contribution in [0.3, 0.4) is 0 Å². The molecular formula is C16H21N3O3S. The molecule has 6 nitrogen and oxygen atoms in total. The first kappa shape index (κ1) is 16.1. The van der Waals surface area contributed by atoms with Gasteiger partial charge in [0.25, 0.3) is 5.91 Å². The first-order valence-electron chi connectivity index (χ1n) is 7.75. The summed E-state index contributed by atoms with van der Waals surface area (Å²) in [5.74, 6) is 1.65. The number of hydrogen-bond donors (Lipinski definition) is 1. The number of amides is 1. The molecule has 1 aliphatic rings. The Morgan fingerprint density at radius 1 is 1.35 bits per heavy atom. The van der Waals surface area contributed by atoms with Crippen molar-refractivity contribution in [1.82, 2.24) is 15.3 Å². The third-order valence-corrected chi connectivity index (χ3v) is 5.44. The fourth-order valence-electron chi connectivity index (χ4n) is 2.72. The van der Waals surface area contributed by atoms with E-state index < -0.39 is 0 Å². The van der Waals surface area contributed by atoms with Crippen molar-refractivity contribution in [3.05, 3.63) is 16.3 Å². The van der Waals surface area contributed by atoms with Crippen molar-refractivity contribution in [3.8, 4) is 5.88 Å². The maximum absolute atomic E-state index is 12.5. The van der Waals surface area contributed by atoms with Gasteiger partial charge in [0.1, 0.15) is 11.4 Å². The van der Waals surface area contributed by atoms with Crippen molar-refractivity contribution in [2.75, 3.05) is 20.8 Å². The molecule has 7 heteroatoms. The predicted octanol–water partition coefficient (Wildman–Crippen LogP) is 2.68. The van der Waals surface area contributed by atoms with Crippen molar-refractivity contribution in [2.45, 2.75) is 32.8 Å². The van der Waals surface area contributed by atoms with Crippen molar-refractivity contribution in [2.24, 2.45) is 5.92 Å². The van der Waals surface area contributed by atoms with Crippen LogP contribution in [0.25, 0.3) is 10.2 Å². The molecule has 0 radical (unpaired) electrons. The van der Waals surface area contributed by atoms with Crippen LogP contribution in [-0.4, -0.2) is 36.6 Å². The van der Waals surface area contributed by atoms with Gasteiger partial charge in [-0.2, -0.15) is 4.98 Å². The van der Waals surface area contributed by atoms with Gasteiger partial charge in [0.2, 0.25) is 5.88 Å². The number of nitrogens with zero attached hydrogens (tertiary/aromatic N) is 2. The van der Waals surface area contributed by atoms with Crippen LogP contribution in [0, 0.1) is 12.8 Å². The van der Waals surface area contributed by atoms with Gasteiger partial charge in [-0.05, 0) is 31.2 Å². The molecule has 1 amide bonds. The second-order valence-corrected chi connectivity index (χ2v) is 6.82. The topological polar surface area (TPSA) is 73.3 Å². The number of aryl methyl sites for hydroxylation is 1. The zero-order valence-corrected chi connectivity index (χ0v) is 14.5. The molecule has 0 unspecified atom stereocenters. The van der Waals surface area contributed by atoms with Gasteiger partial charge in [-0.15, -0.1) is 11.3 Å². The highest BCUT2D eigenvalue weighted by Gasteiger charge is 2.23. The molecule has 1 aliphatic carbocycles. The zero-order chi connectivity index (χ0) is 16.4. The summed E-state index contributed by atoms with van der Waals surface area (Å²) in [7, 11) is 3.17. The highest BCUT2D eigenvalue weighted by molar-refractivity contribution is 7.20. The van der Waals surface area contributed by atoms with Crippen LogP contribution in [0.5, 0.6) is 5.88 Å². The molecule has 0 aliphatic heterocycles. The van der Waals surface area contributed by atoms with Gasteiger partial charge in [-0.25, -0.2) is 4.98 Å². The van der Waals surface area contributed by atoms with Crippen LogP contribution in [0.1, 0.15) is 40.3 Å². The second-order valence-electron chi connectivity index (χ2n) is 5.83. The normalized spacial score (nSPS) is 14.7. The van der Waals surface area contributed by atoms with Gasteiger partial charge in [0, 0.05) is 13.7 Å². The Hall–Kier alpha value is -1.73. The SMILES string of the molecule is COCc1nc(OC)c2c(C)c(C(=O)NCC3CCC3)sc2n1. The number of fused-ring (bicyclic) bond motifs is 1. The van der Waals surface area contributed by atoms with E-state index in [1.54, 1.807) is 14.2 Å². The van der Waals surface area contributed by atoms with Gasteiger partial charge in [0.15, 0.2) is 5.82 Å². The minimum atomic E-state index is -0.0345. The first-order valence-corrected chi connectivity index (χ1v) is 8.56. The van der Waals surface area contributed by atoms with E-state index in [1.807, 2.05) is 6.92 Å². The van der Waals surface area contributed by atoms with Gasteiger partial charge in [-0.3, -0.25) is 4.79 Å². The van der Waals surface area contributed by atoms with Crippen molar-refractivity contribution in [3.63, 3.8) is 0 Å². The molecule has 2 aromatic heterocycles. The van der Waals surface area contributed by atoms with Crippen LogP contribution in [0.4, 0.5) is 0 Å². The molecule has 0 aromatic carbocycles. The van der Waals surface area contributed by atoms with E-state index in [0.29, 0.717) is 29.1 Å². The molecule has 23 heavy (non-hydrogen) atoms. The molecular weight excluding hydrogens is 314 g/mol. The Balaban J connectivity index is 1.91. The Morgan fingerprint density at radius 3 is 2.74 bits per heavy atom. The Bertz CT molecular complexity index is 725. The van der Waals surface area contributed by atoms with Crippen LogP contribution >= 0.6 is 11.3 Å². The van der Waals surface area contributed by atoms with Crippen LogP contribution < -0.4 is 10.1 Å². The number of nitrogens with one attached hydrogen (secondary N) is 1. The lowest BCUT2D eigenvalue weighted by Gasteiger charge is -2.25. The van der Waals surface area contributed by atoms with E-state index in [4.69, 9.17) is 9.47 Å². The molecule has 0 spiro atoms. The maximum atomic E-state index is 12.5. The summed E-state index contributed by atoms with van der Waals surface area (Å²) >= 11 is 1.38. The molecule has 2 aromatic rings. The molecule has 0 bridgehead atoms. The van der Waals surface area contributed by atoms with Crippen molar-refractivity contribution < 1.29 is 14.3 Å². The molecule has 1 N–H and O–H groups in total. The standard InChI is InChI=1S/C16H21N3O3S/c1-9-12-15(22-3)18-11(8-21-2)19-16(12)23-13(9)14(20)17-7-10-5-4-6-10/h10H,4-8H2,1-3H3,(H,17,20). The van der Waals surface area contributed by atoms with E-state index in [2.05, 4.69) is 15.3 Å². The lowest BCUT2D eigenvalue weighted by Crippen LogP contribution is -2.31. The summed E-state index contributed by atoms with van der Waals surface area (Å²) in [6, 6.07) is 0. The monoisotopic (exact) mass is 335 g/mol. The van der Waals surface area contributed by atoms with Gasteiger partial charge >= 0.3 is 0 Å². The number of carbonyl (C=O) groups is 1. The van der Waals surface area contributed by atoms with Gasteiger partial charge < -0.3 is 14.8 Å². The molecule has 1 fully saturated rings. The van der Waals surface area contributed by atoms with E-state index in [0.717, 1.165) is 22.3 Å². The van der Waals surface area contributed by atoms with E-state index >= 15 is 0 Å². The van der Waals surface area contributed by atoms with Crippen molar-refractivity contribution >= 4 is 27.5 Å². The quantitative estimate of drug-likeness (QED) is 0.878. The summed E-state index contributed by atoms with van der Waals surface area (Å²) in [5.41, 5.74) is 0.872. The van der Waals surface area contributed by atoms with Gasteiger partial charge in [-0.1, -0.05) is 6.42 Å². The largest absolute Gasteiger partial charge is 0.480 e. The lowest BCUT2D eigenvalue weighted by atomic mass is 9.85. The van der Waals surface area contributed by atoms with Crippen LogP contribution in [0.15, 0.2) is 0 Å². The minimum Gasteiger partial charge on any atom is -0.480 e. The third kappa shape index (κ3) is 3.16. The number of thiophene rings is 1. The molecule has 3 rings (SSSR count). The average Bonchev–Trinajstić information content (AvgIpc) is 2.82. The number of carbonyl (C=O) groups excluding carboxylic acids is 1. The summed E-state index contributed by atoms with van der Waals surface area (Å²) in [6.45, 7) is 2.98.